The van der Waals surface area contributed by atoms with E-state index >= 15 is 0 Å². The molecule has 0 bridgehead atoms. The van der Waals surface area contributed by atoms with E-state index in [0.29, 0.717) is 29.4 Å². The van der Waals surface area contributed by atoms with Gasteiger partial charge in [0.1, 0.15) is 17.2 Å². The lowest BCUT2D eigenvalue weighted by Gasteiger charge is -2.10. The molecule has 30 heavy (non-hydrogen) atoms. The highest BCUT2D eigenvalue weighted by Gasteiger charge is 2.35. The number of ether oxygens (including phenoxy) is 4. The van der Waals surface area contributed by atoms with E-state index in [1.165, 1.54) is 25.3 Å². The van der Waals surface area contributed by atoms with Crippen molar-refractivity contribution in [2.45, 2.75) is 13.5 Å². The third-order valence-electron chi connectivity index (χ3n) is 4.43. The molecule has 0 unspecified atom stereocenters. The molecule has 156 valence electrons. The maximum absolute atomic E-state index is 12.8. The molecular formula is C20H18N2O8. The average Bonchev–Trinajstić information content (AvgIpc) is 3.44. The fourth-order valence-corrected chi connectivity index (χ4v) is 3.03. The van der Waals surface area contributed by atoms with Crippen LogP contribution in [0.1, 0.15) is 28.8 Å². The summed E-state index contributed by atoms with van der Waals surface area (Å²) < 4.78 is 26.2. The van der Waals surface area contributed by atoms with Gasteiger partial charge in [0.15, 0.2) is 11.5 Å². The Morgan fingerprint density at radius 2 is 2.00 bits per heavy atom. The first-order valence-electron chi connectivity index (χ1n) is 9.08. The smallest absolute Gasteiger partial charge is 0.373 e. The van der Waals surface area contributed by atoms with E-state index in [1.54, 1.807) is 12.1 Å². The molecule has 2 aliphatic rings. The van der Waals surface area contributed by atoms with Gasteiger partial charge in [-0.1, -0.05) is 0 Å². The molecule has 1 N–H and O–H groups in total. The Morgan fingerprint density at radius 1 is 1.23 bits per heavy atom. The molecule has 0 spiro atoms. The topological polar surface area (TPSA) is 117 Å². The molecule has 10 heteroatoms. The number of esters is 1. The minimum atomic E-state index is -0.648. The molecule has 0 atom stereocenters. The van der Waals surface area contributed by atoms with E-state index in [0.717, 1.165) is 4.90 Å². The number of hydrogen-bond donors (Lipinski definition) is 1. The van der Waals surface area contributed by atoms with Gasteiger partial charge in [-0.15, -0.1) is 0 Å². The third-order valence-corrected chi connectivity index (χ3v) is 4.43. The highest BCUT2D eigenvalue weighted by molar-refractivity contribution is 6.14. The van der Waals surface area contributed by atoms with Crippen molar-refractivity contribution in [2.24, 2.45) is 0 Å². The van der Waals surface area contributed by atoms with Crippen molar-refractivity contribution in [1.29, 1.82) is 0 Å². The van der Waals surface area contributed by atoms with Gasteiger partial charge in [0.05, 0.1) is 20.3 Å². The van der Waals surface area contributed by atoms with Gasteiger partial charge in [-0.25, -0.2) is 9.59 Å². The molecule has 3 heterocycles. The maximum atomic E-state index is 12.8. The second kappa shape index (κ2) is 7.82. The van der Waals surface area contributed by atoms with Gasteiger partial charge in [-0.2, -0.15) is 0 Å². The van der Waals surface area contributed by atoms with Crippen LogP contribution in [-0.2, 0) is 16.1 Å². The number of rotatable bonds is 6. The van der Waals surface area contributed by atoms with E-state index in [9.17, 15) is 14.4 Å². The summed E-state index contributed by atoms with van der Waals surface area (Å²) in [6.07, 6.45) is 1.51. The Balaban J connectivity index is 1.57. The van der Waals surface area contributed by atoms with Gasteiger partial charge in [0.25, 0.3) is 5.91 Å². The van der Waals surface area contributed by atoms with Crippen LogP contribution in [0, 0.1) is 0 Å². The van der Waals surface area contributed by atoms with Crippen LogP contribution in [0.5, 0.6) is 17.2 Å². The summed E-state index contributed by atoms with van der Waals surface area (Å²) in [5, 5.41) is 2.54. The number of nitrogens with zero attached hydrogens (tertiary/aromatic N) is 1. The van der Waals surface area contributed by atoms with Crippen LogP contribution in [0.15, 0.2) is 34.4 Å². The molecule has 4 rings (SSSR count). The minimum Gasteiger partial charge on any atom is -0.493 e. The van der Waals surface area contributed by atoms with Gasteiger partial charge >= 0.3 is 12.0 Å². The second-order valence-electron chi connectivity index (χ2n) is 6.31. The molecule has 10 nitrogen and oxygen atoms in total. The van der Waals surface area contributed by atoms with Crippen LogP contribution in [0.25, 0.3) is 6.08 Å². The van der Waals surface area contributed by atoms with Crippen LogP contribution in [-0.4, -0.2) is 43.3 Å². The Morgan fingerprint density at radius 3 is 2.73 bits per heavy atom. The quantitative estimate of drug-likeness (QED) is 0.435. The van der Waals surface area contributed by atoms with Crippen LogP contribution in [0.2, 0.25) is 0 Å². The van der Waals surface area contributed by atoms with E-state index in [-0.39, 0.29) is 30.6 Å². The molecule has 1 fully saturated rings. The Kier molecular flexibility index (Phi) is 5.05. The molecule has 0 radical (unpaired) electrons. The lowest BCUT2D eigenvalue weighted by atomic mass is 10.1. The fraction of sp³-hybridized carbons (Fsp3) is 0.250. The van der Waals surface area contributed by atoms with Gasteiger partial charge in [-0.3, -0.25) is 9.69 Å². The Labute approximate surface area is 170 Å². The lowest BCUT2D eigenvalue weighted by molar-refractivity contribution is -0.123. The summed E-state index contributed by atoms with van der Waals surface area (Å²) in [5.74, 6) is 0.605. The molecule has 1 aromatic heterocycles. The summed E-state index contributed by atoms with van der Waals surface area (Å²) in [6.45, 7) is 2.19. The Hall–Kier alpha value is -3.95. The van der Waals surface area contributed by atoms with Crippen molar-refractivity contribution in [2.75, 3.05) is 20.5 Å². The monoisotopic (exact) mass is 414 g/mol. The zero-order valence-corrected chi connectivity index (χ0v) is 16.2. The number of benzene rings is 1. The Bertz CT molecular complexity index is 1060. The van der Waals surface area contributed by atoms with Gasteiger partial charge < -0.3 is 28.7 Å². The van der Waals surface area contributed by atoms with Crippen molar-refractivity contribution < 1.29 is 37.7 Å². The number of imide groups is 1. The maximum Gasteiger partial charge on any atom is 0.373 e. The molecule has 0 saturated carbocycles. The summed E-state index contributed by atoms with van der Waals surface area (Å²) >= 11 is 0. The third kappa shape index (κ3) is 3.54. The predicted molar refractivity (Wildman–Crippen MR) is 101 cm³/mol. The van der Waals surface area contributed by atoms with Crippen molar-refractivity contribution in [3.05, 3.63) is 47.0 Å². The summed E-state index contributed by atoms with van der Waals surface area (Å²) in [4.78, 5) is 37.6. The van der Waals surface area contributed by atoms with Crippen molar-refractivity contribution >= 4 is 24.0 Å². The first kappa shape index (κ1) is 19.4. The molecule has 3 amide bonds. The summed E-state index contributed by atoms with van der Waals surface area (Å²) in [5.41, 5.74) is 0.622. The van der Waals surface area contributed by atoms with Crippen molar-refractivity contribution in [3.8, 4) is 17.2 Å². The van der Waals surface area contributed by atoms with Crippen molar-refractivity contribution in [3.63, 3.8) is 0 Å². The molecule has 2 aliphatic heterocycles. The van der Waals surface area contributed by atoms with Gasteiger partial charge in [-0.05, 0) is 31.2 Å². The number of carbonyl (C=O) groups excluding carboxylic acids is 3. The van der Waals surface area contributed by atoms with E-state index in [4.69, 9.17) is 18.6 Å². The van der Waals surface area contributed by atoms with Crippen molar-refractivity contribution in [1.82, 2.24) is 10.2 Å². The van der Waals surface area contributed by atoms with E-state index < -0.39 is 17.9 Å². The van der Waals surface area contributed by atoms with Gasteiger partial charge in [0.2, 0.25) is 12.6 Å². The standard InChI is InChI=1S/C20H18N2O8/c1-3-27-15-8-17-16(28-10-29-17)7-11(15)6-13-18(23)22(20(25)21-13)9-12-4-5-14(30-12)19(24)26-2/h4-8H,3,9-10H2,1-2H3,(H,21,25)/b13-6-. The highest BCUT2D eigenvalue weighted by Crippen LogP contribution is 2.39. The molecule has 0 aliphatic carbocycles. The fourth-order valence-electron chi connectivity index (χ4n) is 3.03. The predicted octanol–water partition coefficient (Wildman–Crippen LogP) is 2.29. The van der Waals surface area contributed by atoms with Crippen LogP contribution >= 0.6 is 0 Å². The van der Waals surface area contributed by atoms with E-state index in [1.807, 2.05) is 6.92 Å². The number of nitrogens with one attached hydrogen (secondary N) is 1. The number of methoxy groups -OCH3 is 1. The number of hydrogen-bond acceptors (Lipinski definition) is 8. The summed E-state index contributed by atoms with van der Waals surface area (Å²) in [7, 11) is 1.23. The lowest BCUT2D eigenvalue weighted by Crippen LogP contribution is -2.30. The number of amides is 3. The average molecular weight is 414 g/mol. The SMILES string of the molecule is CCOc1cc2c(cc1/C=C1\NC(=O)N(Cc3ccc(C(=O)OC)o3)C1=O)OCO2. The van der Waals surface area contributed by atoms with E-state index in [2.05, 4.69) is 10.1 Å². The molecular weight excluding hydrogens is 396 g/mol. The molecule has 1 saturated heterocycles. The van der Waals surface area contributed by atoms with Crippen LogP contribution in [0.4, 0.5) is 4.79 Å². The first-order chi connectivity index (χ1) is 14.5. The normalized spacial score (nSPS) is 16.2. The largest absolute Gasteiger partial charge is 0.493 e. The minimum absolute atomic E-state index is 0.0166. The number of furan rings is 1. The summed E-state index contributed by atoms with van der Waals surface area (Å²) in [6, 6.07) is 5.66. The number of carbonyl (C=O) groups is 3. The molecule has 2 aromatic rings. The zero-order valence-electron chi connectivity index (χ0n) is 16.2. The zero-order chi connectivity index (χ0) is 21.3. The highest BCUT2D eigenvalue weighted by atomic mass is 16.7. The van der Waals surface area contributed by atoms with Crippen LogP contribution < -0.4 is 19.5 Å². The first-order valence-corrected chi connectivity index (χ1v) is 9.08. The van der Waals surface area contributed by atoms with Crippen LogP contribution in [0.3, 0.4) is 0 Å². The number of fused-ring (bicyclic) bond motifs is 1. The second-order valence-corrected chi connectivity index (χ2v) is 6.31. The molecule has 1 aromatic carbocycles. The number of urea groups is 1. The van der Waals surface area contributed by atoms with Gasteiger partial charge in [0, 0.05) is 11.6 Å².